The highest BCUT2D eigenvalue weighted by molar-refractivity contribution is 6.03. The topological polar surface area (TPSA) is 83.2 Å². The van der Waals surface area contributed by atoms with Gasteiger partial charge in [-0.05, 0) is 42.3 Å². The van der Waals surface area contributed by atoms with Crippen LogP contribution in [0.25, 0.3) is 17.0 Å². The molecule has 1 aromatic heterocycles. The van der Waals surface area contributed by atoms with Crippen molar-refractivity contribution in [2.24, 2.45) is 4.99 Å². The van der Waals surface area contributed by atoms with Gasteiger partial charge in [-0.15, -0.1) is 0 Å². The highest BCUT2D eigenvalue weighted by atomic mass is 16.6. The summed E-state index contributed by atoms with van der Waals surface area (Å²) in [5.41, 5.74) is 7.29. The Labute approximate surface area is 235 Å². The quantitative estimate of drug-likeness (QED) is 0.154. The lowest BCUT2D eigenvalue weighted by molar-refractivity contribution is 0.0479. The van der Waals surface area contributed by atoms with Gasteiger partial charge < -0.3 is 24.4 Å². The first-order valence-corrected chi connectivity index (χ1v) is 13.0. The molecular weight excluding hydrogens is 502 g/mol. The number of hydrogen-bond donors (Lipinski definition) is 1. The highest BCUT2D eigenvalue weighted by Crippen LogP contribution is 2.22. The average Bonchev–Trinajstić information content (AvgIpc) is 3.46. The summed E-state index contributed by atoms with van der Waals surface area (Å²) in [6.07, 6.45) is 0. The summed E-state index contributed by atoms with van der Waals surface area (Å²) in [7, 11) is 8.06. The van der Waals surface area contributed by atoms with Crippen LogP contribution in [0.2, 0.25) is 0 Å². The van der Waals surface area contributed by atoms with Crippen LogP contribution in [0.4, 0.5) is 11.4 Å². The third kappa shape index (κ3) is 6.96. The van der Waals surface area contributed by atoms with Gasteiger partial charge in [0.15, 0.2) is 0 Å². The molecule has 0 radical (unpaired) electrons. The Kier molecular flexibility index (Phi) is 9.01. The van der Waals surface area contributed by atoms with Crippen molar-refractivity contribution in [2.45, 2.75) is 13.5 Å². The molecule has 4 aromatic rings. The van der Waals surface area contributed by atoms with E-state index in [1.54, 1.807) is 13.0 Å². The first-order valence-electron chi connectivity index (χ1n) is 13.0. The summed E-state index contributed by atoms with van der Waals surface area (Å²) >= 11 is 0. The first-order chi connectivity index (χ1) is 19.2. The molecule has 0 amide bonds. The minimum absolute atomic E-state index is 0.0710. The van der Waals surface area contributed by atoms with E-state index in [9.17, 15) is 4.79 Å². The number of carbonyl (C=O) groups is 1. The zero-order valence-electron chi connectivity index (χ0n) is 23.6. The maximum atomic E-state index is 12.0. The Morgan fingerprint density at radius 3 is 2.05 bits per heavy atom. The van der Waals surface area contributed by atoms with Gasteiger partial charge in [0, 0.05) is 62.5 Å². The van der Waals surface area contributed by atoms with Gasteiger partial charge in [0.1, 0.15) is 11.5 Å². The minimum atomic E-state index is -0.535. The lowest BCUT2D eigenvalue weighted by atomic mass is 10.1. The average molecular weight is 538 g/mol. The number of hydrogen-bond acceptors (Lipinski definition) is 7. The Bertz CT molecular complexity index is 1470. The van der Waals surface area contributed by atoms with Crippen LogP contribution in [0.3, 0.4) is 0 Å². The second-order valence-corrected chi connectivity index (χ2v) is 9.64. The fourth-order valence-electron chi connectivity index (χ4n) is 3.96. The predicted octanol–water partition coefficient (Wildman–Crippen LogP) is 5.86. The van der Waals surface area contributed by atoms with E-state index < -0.39 is 5.97 Å². The molecule has 0 aliphatic rings. The number of carbonyl (C=O) groups excluding carboxylic acids is 1. The van der Waals surface area contributed by atoms with Gasteiger partial charge in [-0.3, -0.25) is 4.99 Å². The third-order valence-electron chi connectivity index (χ3n) is 6.31. The zero-order chi connectivity index (χ0) is 28.6. The number of benzene rings is 3. The Hall–Kier alpha value is -4.85. The number of ether oxygens (including phenoxy) is 1. The van der Waals surface area contributed by atoms with Crippen molar-refractivity contribution in [1.29, 1.82) is 0 Å². The van der Waals surface area contributed by atoms with Crippen molar-refractivity contribution in [3.8, 4) is 11.3 Å². The van der Waals surface area contributed by atoms with E-state index in [-0.39, 0.29) is 12.4 Å². The van der Waals surface area contributed by atoms with Crippen molar-refractivity contribution in [1.82, 2.24) is 10.5 Å². The van der Waals surface area contributed by atoms with Crippen molar-refractivity contribution in [2.75, 3.05) is 44.6 Å². The normalized spacial score (nSPS) is 11.2. The van der Waals surface area contributed by atoms with Crippen molar-refractivity contribution in [3.63, 3.8) is 0 Å². The Balaban J connectivity index is 1.59. The minimum Gasteiger partial charge on any atom is -0.460 e. The van der Waals surface area contributed by atoms with Crippen molar-refractivity contribution in [3.05, 3.63) is 108 Å². The van der Waals surface area contributed by atoms with E-state index >= 15 is 0 Å². The number of anilines is 2. The lowest BCUT2D eigenvalue weighted by Gasteiger charge is -2.16. The van der Waals surface area contributed by atoms with E-state index in [0.29, 0.717) is 18.1 Å². The standard InChI is InChI=1S/C32H35N5O3/c1-7-39-32(38)30-20-29(35-40-30)25-10-12-26(13-11-25)31(33-21-23-8-16-27(17-9-23)36(3)4)34-22(2)24-14-18-28(19-15-24)37(5)6/h8-20H,2,7,21H2,1,3-6H3,(H,33,34). The number of aliphatic imine (C=N–C) groups is 1. The maximum Gasteiger partial charge on any atom is 0.377 e. The van der Waals surface area contributed by atoms with Gasteiger partial charge >= 0.3 is 5.97 Å². The molecule has 0 bridgehead atoms. The van der Waals surface area contributed by atoms with Gasteiger partial charge in [-0.2, -0.15) is 0 Å². The van der Waals surface area contributed by atoms with Gasteiger partial charge in [0.2, 0.25) is 5.76 Å². The highest BCUT2D eigenvalue weighted by Gasteiger charge is 2.15. The van der Waals surface area contributed by atoms with Gasteiger partial charge in [0.25, 0.3) is 0 Å². The lowest BCUT2D eigenvalue weighted by Crippen LogP contribution is -2.23. The Morgan fingerprint density at radius 2 is 1.48 bits per heavy atom. The zero-order valence-corrected chi connectivity index (χ0v) is 23.6. The molecule has 4 rings (SSSR count). The summed E-state index contributed by atoms with van der Waals surface area (Å²) < 4.78 is 10.2. The Morgan fingerprint density at radius 1 is 0.900 bits per heavy atom. The molecule has 0 atom stereocenters. The number of aromatic nitrogens is 1. The molecule has 1 N–H and O–H groups in total. The van der Waals surface area contributed by atoms with Crippen LogP contribution in [0.15, 0.2) is 95.0 Å². The van der Waals surface area contributed by atoms with Gasteiger partial charge in [-0.25, -0.2) is 4.79 Å². The molecule has 0 aliphatic carbocycles. The predicted molar refractivity (Wildman–Crippen MR) is 162 cm³/mol. The summed E-state index contributed by atoms with van der Waals surface area (Å²) in [4.78, 5) is 21.0. The molecule has 0 fully saturated rings. The number of nitrogens with one attached hydrogen (secondary N) is 1. The second kappa shape index (κ2) is 12.8. The smallest absolute Gasteiger partial charge is 0.377 e. The summed E-state index contributed by atoms with van der Waals surface area (Å²) in [5.74, 6) is 0.228. The second-order valence-electron chi connectivity index (χ2n) is 9.64. The molecule has 0 saturated heterocycles. The fraction of sp³-hybridized carbons (Fsp3) is 0.219. The molecule has 0 unspecified atom stereocenters. The van der Waals surface area contributed by atoms with E-state index in [1.807, 2.05) is 64.6 Å². The molecule has 0 aliphatic heterocycles. The van der Waals surface area contributed by atoms with E-state index in [2.05, 4.69) is 63.3 Å². The molecule has 1 heterocycles. The molecule has 0 saturated carbocycles. The van der Waals surface area contributed by atoms with Crippen LogP contribution < -0.4 is 15.1 Å². The largest absolute Gasteiger partial charge is 0.460 e. The number of esters is 1. The molecule has 8 heteroatoms. The van der Waals surface area contributed by atoms with Crippen LogP contribution in [-0.2, 0) is 11.3 Å². The van der Waals surface area contributed by atoms with E-state index in [0.717, 1.165) is 39.3 Å². The van der Waals surface area contributed by atoms with Gasteiger partial charge in [0.05, 0.1) is 13.2 Å². The first kappa shape index (κ1) is 28.2. The van der Waals surface area contributed by atoms with Crippen LogP contribution >= 0.6 is 0 Å². The monoisotopic (exact) mass is 537 g/mol. The summed E-state index contributed by atoms with van der Waals surface area (Å²) in [5, 5.41) is 7.45. The van der Waals surface area contributed by atoms with E-state index in [4.69, 9.17) is 14.3 Å². The molecule has 0 spiro atoms. The molecule has 8 nitrogen and oxygen atoms in total. The van der Waals surface area contributed by atoms with E-state index in [1.165, 1.54) is 0 Å². The van der Waals surface area contributed by atoms with Crippen molar-refractivity contribution < 1.29 is 14.1 Å². The number of rotatable bonds is 10. The van der Waals surface area contributed by atoms with Crippen LogP contribution in [0.1, 0.15) is 34.2 Å². The van der Waals surface area contributed by atoms with Crippen LogP contribution in [-0.4, -0.2) is 51.8 Å². The third-order valence-corrected chi connectivity index (χ3v) is 6.31. The van der Waals surface area contributed by atoms with Crippen molar-refractivity contribution >= 4 is 28.9 Å². The van der Waals surface area contributed by atoms with Crippen LogP contribution in [0, 0.1) is 0 Å². The molecule has 206 valence electrons. The molecule has 3 aromatic carbocycles. The summed E-state index contributed by atoms with van der Waals surface area (Å²) in [6, 6.07) is 25.9. The maximum absolute atomic E-state index is 12.0. The fourth-order valence-corrected chi connectivity index (χ4v) is 3.96. The molecular formula is C32H35N5O3. The number of nitrogens with zero attached hydrogens (tertiary/aromatic N) is 4. The summed E-state index contributed by atoms with van der Waals surface area (Å²) in [6.45, 7) is 6.78. The van der Waals surface area contributed by atoms with Crippen LogP contribution in [0.5, 0.6) is 0 Å². The molecule has 40 heavy (non-hydrogen) atoms. The SMILES string of the molecule is C=C(N/C(=N\Cc1ccc(N(C)C)cc1)c1ccc(-c2cc(C(=O)OCC)on2)cc1)c1ccc(N(C)C)cc1. The van der Waals surface area contributed by atoms with Gasteiger partial charge in [-0.1, -0.05) is 60.3 Å². The number of amidine groups is 1.